The van der Waals surface area contributed by atoms with Gasteiger partial charge in [-0.1, -0.05) is 60.7 Å². The normalized spacial score (nSPS) is 10.4. The first-order chi connectivity index (χ1) is 23.8. The Morgan fingerprint density at radius 2 is 1.08 bits per heavy atom. The molecule has 5 N–H and O–H groups in total. The highest BCUT2D eigenvalue weighted by molar-refractivity contribution is 6.02. The number of nitrogens with zero attached hydrogens (tertiary/aromatic N) is 1. The molecule has 0 bridgehead atoms. The van der Waals surface area contributed by atoms with Crippen molar-refractivity contribution >= 4 is 47.7 Å². The molecule has 3 rings (SSSR count). The van der Waals surface area contributed by atoms with E-state index in [1.54, 1.807) is 69.3 Å². The topological polar surface area (TPSA) is 212 Å². The molecule has 0 aliphatic carbocycles. The van der Waals surface area contributed by atoms with Crippen LogP contribution in [0.3, 0.4) is 0 Å². The summed E-state index contributed by atoms with van der Waals surface area (Å²) in [5.41, 5.74) is 1.01. The molecule has 0 atom stereocenters. The van der Waals surface area contributed by atoms with Gasteiger partial charge in [0.05, 0.1) is 12.2 Å². The largest absolute Gasteiger partial charge is 0.444 e. The third kappa shape index (κ3) is 15.9. The van der Waals surface area contributed by atoms with E-state index in [0.29, 0.717) is 0 Å². The molecule has 0 radical (unpaired) electrons. The lowest BCUT2D eigenvalue weighted by molar-refractivity contribution is -0.135. The summed E-state index contributed by atoms with van der Waals surface area (Å²) in [6.07, 6.45) is -2.56. The summed E-state index contributed by atoms with van der Waals surface area (Å²) in [6, 6.07) is 23.6. The zero-order valence-electron chi connectivity index (χ0n) is 27.6. The lowest BCUT2D eigenvalue weighted by Gasteiger charge is -2.19. The number of guanidine groups is 1. The summed E-state index contributed by atoms with van der Waals surface area (Å²) in [6.45, 7) is 3.60. The summed E-state index contributed by atoms with van der Waals surface area (Å²) >= 11 is 0. The van der Waals surface area contributed by atoms with Gasteiger partial charge in [0, 0.05) is 0 Å². The van der Waals surface area contributed by atoms with Crippen molar-refractivity contribution < 1.29 is 47.7 Å². The van der Waals surface area contributed by atoms with Gasteiger partial charge in [-0.05, 0) is 56.2 Å². The monoisotopic (exact) mass is 690 g/mol. The molecule has 0 heterocycles. The van der Waals surface area contributed by atoms with E-state index in [9.17, 15) is 28.8 Å². The van der Waals surface area contributed by atoms with E-state index in [1.165, 1.54) is 24.3 Å². The molecule has 0 aliphatic heterocycles. The Hall–Kier alpha value is -6.45. The molecule has 0 saturated heterocycles. The van der Waals surface area contributed by atoms with Crippen molar-refractivity contribution in [1.29, 1.82) is 0 Å². The Labute approximate surface area is 287 Å². The number of ether oxygens (including phenoxy) is 4. The molecular weight excluding hydrogens is 652 g/mol. The number of hydrogen-bond donors (Lipinski definition) is 5. The summed E-state index contributed by atoms with van der Waals surface area (Å²) < 4.78 is 20.7. The Balaban J connectivity index is 1.49. The standard InChI is InChI=1S/C34H38N6O10/c1-34(2,3)50-31(44)37-19-28(42)35-18-27(41)36-20-29(43)49-26-16-14-25(15-17-26)38-30(39-32(45)47-21-23-10-6-4-7-11-23)40-33(46)48-22-24-12-8-5-9-13-24/h4-17H,18-22H2,1-3H3,(H,35,42)(H,36,41)(H,37,44)(H2,38,39,40,45,46). The zero-order valence-corrected chi connectivity index (χ0v) is 27.6. The molecule has 5 amide bonds. The van der Waals surface area contributed by atoms with Crippen LogP contribution >= 0.6 is 0 Å². The van der Waals surface area contributed by atoms with Gasteiger partial charge < -0.3 is 34.9 Å². The number of hydrogen-bond acceptors (Lipinski definition) is 11. The Morgan fingerprint density at radius 3 is 1.58 bits per heavy atom. The van der Waals surface area contributed by atoms with E-state index >= 15 is 0 Å². The molecular formula is C34H38N6O10. The lowest BCUT2D eigenvalue weighted by Crippen LogP contribution is -2.44. The fourth-order valence-electron chi connectivity index (χ4n) is 3.63. The van der Waals surface area contributed by atoms with Crippen LogP contribution in [0.1, 0.15) is 31.9 Å². The Kier molecular flexibility index (Phi) is 14.7. The molecule has 0 aliphatic rings. The van der Waals surface area contributed by atoms with Gasteiger partial charge in [-0.25, -0.2) is 24.2 Å². The molecule has 3 aromatic rings. The van der Waals surface area contributed by atoms with Gasteiger partial charge in [-0.2, -0.15) is 0 Å². The summed E-state index contributed by atoms with van der Waals surface area (Å²) in [4.78, 5) is 76.9. The highest BCUT2D eigenvalue weighted by Gasteiger charge is 2.17. The number of rotatable bonds is 12. The van der Waals surface area contributed by atoms with Gasteiger partial charge in [0.2, 0.25) is 17.8 Å². The quantitative estimate of drug-likeness (QED) is 0.0616. The smallest absolute Gasteiger partial charge is 0.414 e. The van der Waals surface area contributed by atoms with E-state index in [-0.39, 0.29) is 30.6 Å². The predicted octanol–water partition coefficient (Wildman–Crippen LogP) is 3.19. The first-order valence-corrected chi connectivity index (χ1v) is 15.2. The molecule has 3 aromatic carbocycles. The van der Waals surface area contributed by atoms with Crippen molar-refractivity contribution in [2.24, 2.45) is 4.99 Å². The average Bonchev–Trinajstić information content (AvgIpc) is 3.08. The minimum atomic E-state index is -0.888. The maximum Gasteiger partial charge on any atom is 0.414 e. The fraction of sp³-hybridized carbons (Fsp3) is 0.265. The fourth-order valence-corrected chi connectivity index (χ4v) is 3.63. The SMILES string of the molecule is CC(C)(C)OC(=O)NCC(=O)NCC(=O)NCC(=O)Oc1ccc(N=C(NC(=O)OCc2ccccc2)NC(=O)OCc2ccccc2)cc1. The van der Waals surface area contributed by atoms with Crippen LogP contribution in [0.15, 0.2) is 89.9 Å². The van der Waals surface area contributed by atoms with Crippen molar-refractivity contribution in [2.75, 3.05) is 19.6 Å². The Morgan fingerprint density at radius 1 is 0.600 bits per heavy atom. The number of alkyl carbamates (subject to hydrolysis) is 3. The highest BCUT2D eigenvalue weighted by Crippen LogP contribution is 2.18. The third-order valence-electron chi connectivity index (χ3n) is 5.84. The molecule has 0 aromatic heterocycles. The summed E-state index contributed by atoms with van der Waals surface area (Å²) in [7, 11) is 0. The molecule has 16 nitrogen and oxygen atoms in total. The van der Waals surface area contributed by atoms with Crippen molar-refractivity contribution in [1.82, 2.24) is 26.6 Å². The number of nitrogens with one attached hydrogen (secondary N) is 5. The minimum Gasteiger partial charge on any atom is -0.444 e. The van der Waals surface area contributed by atoms with Gasteiger partial charge in [-0.15, -0.1) is 0 Å². The number of amides is 5. The van der Waals surface area contributed by atoms with Crippen molar-refractivity contribution in [3.8, 4) is 5.75 Å². The first kappa shape index (κ1) is 38.0. The van der Waals surface area contributed by atoms with Gasteiger partial charge in [0.25, 0.3) is 0 Å². The van der Waals surface area contributed by atoms with Crippen LogP contribution < -0.4 is 31.3 Å². The van der Waals surface area contributed by atoms with Crippen molar-refractivity contribution in [3.63, 3.8) is 0 Å². The predicted molar refractivity (Wildman–Crippen MR) is 179 cm³/mol. The molecule has 50 heavy (non-hydrogen) atoms. The second-order valence-corrected chi connectivity index (χ2v) is 11.2. The highest BCUT2D eigenvalue weighted by atomic mass is 16.6. The average molecular weight is 691 g/mol. The van der Waals surface area contributed by atoms with Crippen LogP contribution in [0, 0.1) is 0 Å². The molecule has 264 valence electrons. The second kappa shape index (κ2) is 19.4. The van der Waals surface area contributed by atoms with Gasteiger partial charge in [0.15, 0.2) is 0 Å². The van der Waals surface area contributed by atoms with E-state index in [1.807, 2.05) is 12.1 Å². The molecule has 0 saturated carbocycles. The van der Waals surface area contributed by atoms with Crippen LogP contribution in [0.4, 0.5) is 20.1 Å². The molecule has 0 spiro atoms. The Bertz CT molecular complexity index is 1580. The number of esters is 1. The van der Waals surface area contributed by atoms with Gasteiger partial charge in [-0.3, -0.25) is 20.2 Å². The van der Waals surface area contributed by atoms with E-state index in [4.69, 9.17) is 18.9 Å². The van der Waals surface area contributed by atoms with Crippen LogP contribution in [-0.2, 0) is 41.8 Å². The third-order valence-corrected chi connectivity index (χ3v) is 5.84. The maximum absolute atomic E-state index is 12.5. The lowest BCUT2D eigenvalue weighted by atomic mass is 10.2. The van der Waals surface area contributed by atoms with E-state index in [0.717, 1.165) is 11.1 Å². The van der Waals surface area contributed by atoms with Crippen molar-refractivity contribution in [2.45, 2.75) is 39.6 Å². The van der Waals surface area contributed by atoms with E-state index < -0.39 is 61.3 Å². The molecule has 0 unspecified atom stereocenters. The van der Waals surface area contributed by atoms with Crippen LogP contribution in [-0.4, -0.2) is 67.3 Å². The van der Waals surface area contributed by atoms with Crippen LogP contribution in [0.25, 0.3) is 0 Å². The summed E-state index contributed by atoms with van der Waals surface area (Å²) in [5.74, 6) is -2.30. The minimum absolute atomic E-state index is 0.0269. The number of benzene rings is 3. The van der Waals surface area contributed by atoms with Crippen molar-refractivity contribution in [3.05, 3.63) is 96.1 Å². The van der Waals surface area contributed by atoms with Gasteiger partial charge in [0.1, 0.15) is 37.7 Å². The number of carbonyl (C=O) groups is 6. The summed E-state index contributed by atoms with van der Waals surface area (Å²) in [5, 5.41) is 11.6. The van der Waals surface area contributed by atoms with Crippen LogP contribution in [0.2, 0.25) is 0 Å². The second-order valence-electron chi connectivity index (χ2n) is 11.2. The van der Waals surface area contributed by atoms with Gasteiger partial charge >= 0.3 is 24.2 Å². The van der Waals surface area contributed by atoms with Crippen LogP contribution in [0.5, 0.6) is 5.75 Å². The number of aliphatic imine (C=N–C) groups is 1. The number of carbonyl (C=O) groups excluding carboxylic acids is 6. The maximum atomic E-state index is 12.5. The molecule has 0 fully saturated rings. The zero-order chi connectivity index (χ0) is 36.4. The van der Waals surface area contributed by atoms with E-state index in [2.05, 4.69) is 31.6 Å². The first-order valence-electron chi connectivity index (χ1n) is 15.2. The molecule has 16 heteroatoms.